The third kappa shape index (κ3) is 2.89. The van der Waals surface area contributed by atoms with Crippen molar-refractivity contribution in [1.82, 2.24) is 20.1 Å². The Hall–Kier alpha value is -1.39. The van der Waals surface area contributed by atoms with Crippen LogP contribution >= 0.6 is 11.6 Å². The normalized spacial score (nSPS) is 11.2. The van der Waals surface area contributed by atoms with Crippen molar-refractivity contribution >= 4 is 11.6 Å². The summed E-state index contributed by atoms with van der Waals surface area (Å²) in [6.45, 7) is 6.88. The Balaban J connectivity index is 2.32. The van der Waals surface area contributed by atoms with Gasteiger partial charge in [-0.15, -0.1) is 0 Å². The Morgan fingerprint density at radius 1 is 1.44 bits per heavy atom. The Morgan fingerprint density at radius 3 is 2.83 bits per heavy atom. The maximum atomic E-state index is 6.03. The maximum absolute atomic E-state index is 6.03. The van der Waals surface area contributed by atoms with E-state index in [9.17, 15) is 0 Å². The molecule has 5 heteroatoms. The van der Waals surface area contributed by atoms with Gasteiger partial charge in [0, 0.05) is 24.3 Å². The molecule has 18 heavy (non-hydrogen) atoms. The molecule has 2 aromatic heterocycles. The molecule has 0 saturated carbocycles. The summed E-state index contributed by atoms with van der Waals surface area (Å²) in [6, 6.07) is 4.41. The van der Waals surface area contributed by atoms with E-state index in [1.54, 1.807) is 17.1 Å². The van der Waals surface area contributed by atoms with Crippen LogP contribution in [0.2, 0.25) is 5.02 Å². The van der Waals surface area contributed by atoms with Gasteiger partial charge >= 0.3 is 0 Å². The number of aryl methyl sites for hydroxylation is 1. The minimum Gasteiger partial charge on any atom is -0.310 e. The molecule has 4 nitrogen and oxygen atoms in total. The lowest BCUT2D eigenvalue weighted by Crippen LogP contribution is -2.23. The topological polar surface area (TPSA) is 42.7 Å². The summed E-state index contributed by atoms with van der Waals surface area (Å²) in [7, 11) is 0. The first kappa shape index (κ1) is 13.1. The van der Waals surface area contributed by atoms with Crippen LogP contribution in [0, 0.1) is 6.92 Å². The summed E-state index contributed by atoms with van der Waals surface area (Å²) in [6.07, 6.45) is 3.55. The van der Waals surface area contributed by atoms with Gasteiger partial charge in [-0.3, -0.25) is 0 Å². The smallest absolute Gasteiger partial charge is 0.157 e. The van der Waals surface area contributed by atoms with Gasteiger partial charge < -0.3 is 5.32 Å². The summed E-state index contributed by atoms with van der Waals surface area (Å²) in [5.41, 5.74) is 1.91. The molecule has 0 saturated heterocycles. The van der Waals surface area contributed by atoms with E-state index in [0.717, 1.165) is 23.6 Å². The van der Waals surface area contributed by atoms with Crippen LogP contribution in [-0.2, 0) is 6.54 Å². The van der Waals surface area contributed by atoms with Crippen LogP contribution in [0.15, 0.2) is 24.5 Å². The predicted molar refractivity (Wildman–Crippen MR) is 73.1 cm³/mol. The van der Waals surface area contributed by atoms with E-state index in [1.807, 2.05) is 19.1 Å². The summed E-state index contributed by atoms with van der Waals surface area (Å²) in [5.74, 6) is 0.820. The molecule has 0 aromatic carbocycles. The minimum atomic E-state index is 0.431. The minimum absolute atomic E-state index is 0.431. The summed E-state index contributed by atoms with van der Waals surface area (Å²) >= 11 is 6.03. The van der Waals surface area contributed by atoms with Crippen molar-refractivity contribution in [2.75, 3.05) is 0 Å². The summed E-state index contributed by atoms with van der Waals surface area (Å²) in [5, 5.41) is 8.40. The average Bonchev–Trinajstić information content (AvgIpc) is 2.67. The quantitative estimate of drug-likeness (QED) is 0.923. The highest BCUT2D eigenvalue weighted by molar-refractivity contribution is 6.31. The van der Waals surface area contributed by atoms with Gasteiger partial charge in [0.05, 0.1) is 16.9 Å². The van der Waals surface area contributed by atoms with Crippen molar-refractivity contribution in [2.45, 2.75) is 33.4 Å². The number of rotatable bonds is 4. The van der Waals surface area contributed by atoms with Crippen LogP contribution in [0.5, 0.6) is 0 Å². The van der Waals surface area contributed by atoms with Gasteiger partial charge in [-0.05, 0) is 13.0 Å². The highest BCUT2D eigenvalue weighted by atomic mass is 35.5. The highest BCUT2D eigenvalue weighted by Gasteiger charge is 2.09. The number of halogens is 1. The maximum Gasteiger partial charge on any atom is 0.157 e. The Kier molecular flexibility index (Phi) is 3.99. The molecule has 0 spiro atoms. The molecule has 0 aliphatic heterocycles. The molecular formula is C13H17ClN4. The summed E-state index contributed by atoms with van der Waals surface area (Å²) < 4.78 is 1.73. The second-order valence-electron chi connectivity index (χ2n) is 4.53. The number of nitrogens with one attached hydrogen (secondary N) is 1. The molecule has 2 rings (SSSR count). The van der Waals surface area contributed by atoms with E-state index in [4.69, 9.17) is 11.6 Å². The van der Waals surface area contributed by atoms with Gasteiger partial charge in [0.25, 0.3) is 0 Å². The number of hydrogen-bond donors (Lipinski definition) is 1. The van der Waals surface area contributed by atoms with E-state index >= 15 is 0 Å². The second kappa shape index (κ2) is 5.50. The number of pyridine rings is 1. The molecule has 1 N–H and O–H groups in total. The first-order valence-electron chi connectivity index (χ1n) is 5.97. The first-order chi connectivity index (χ1) is 8.58. The molecule has 0 bridgehead atoms. The predicted octanol–water partition coefficient (Wildman–Crippen LogP) is 2.73. The molecule has 96 valence electrons. The van der Waals surface area contributed by atoms with Gasteiger partial charge in [-0.25, -0.2) is 9.67 Å². The fourth-order valence-corrected chi connectivity index (χ4v) is 1.77. The zero-order valence-electron chi connectivity index (χ0n) is 10.8. The molecule has 0 unspecified atom stereocenters. The van der Waals surface area contributed by atoms with Crippen molar-refractivity contribution in [1.29, 1.82) is 0 Å². The lowest BCUT2D eigenvalue weighted by Gasteiger charge is -2.11. The van der Waals surface area contributed by atoms with E-state index in [1.165, 1.54) is 0 Å². The standard InChI is InChI=1S/C13H17ClN4/c1-9(2)16-7-11-5-4-6-15-13(11)18-8-12(14)10(3)17-18/h4-6,8-9,16H,7H2,1-3H3. The zero-order chi connectivity index (χ0) is 13.1. The number of nitrogens with zero attached hydrogens (tertiary/aromatic N) is 3. The Morgan fingerprint density at radius 2 is 2.22 bits per heavy atom. The van der Waals surface area contributed by atoms with Gasteiger partial charge in [-0.1, -0.05) is 31.5 Å². The fraction of sp³-hybridized carbons (Fsp3) is 0.385. The Labute approximate surface area is 112 Å². The van der Waals surface area contributed by atoms with Crippen LogP contribution in [0.4, 0.5) is 0 Å². The fourth-order valence-electron chi connectivity index (χ4n) is 1.64. The Bertz CT molecular complexity index is 514. The molecular weight excluding hydrogens is 248 g/mol. The number of aromatic nitrogens is 3. The molecule has 0 aliphatic carbocycles. The van der Waals surface area contributed by atoms with E-state index < -0.39 is 0 Å². The lowest BCUT2D eigenvalue weighted by molar-refractivity contribution is 0.585. The number of hydrogen-bond acceptors (Lipinski definition) is 3. The third-order valence-corrected chi connectivity index (χ3v) is 3.00. The average molecular weight is 265 g/mol. The highest BCUT2D eigenvalue weighted by Crippen LogP contribution is 2.17. The molecule has 2 heterocycles. The molecule has 0 radical (unpaired) electrons. The SMILES string of the molecule is Cc1nn(-c2ncccc2CNC(C)C)cc1Cl. The molecule has 2 aromatic rings. The lowest BCUT2D eigenvalue weighted by atomic mass is 10.2. The van der Waals surface area contributed by atoms with E-state index in [2.05, 4.69) is 29.2 Å². The van der Waals surface area contributed by atoms with Crippen molar-refractivity contribution in [2.24, 2.45) is 0 Å². The van der Waals surface area contributed by atoms with Crippen LogP contribution in [0.1, 0.15) is 25.1 Å². The van der Waals surface area contributed by atoms with Gasteiger partial charge in [-0.2, -0.15) is 5.10 Å². The van der Waals surface area contributed by atoms with Crippen molar-refractivity contribution in [3.63, 3.8) is 0 Å². The van der Waals surface area contributed by atoms with Gasteiger partial charge in [0.15, 0.2) is 5.82 Å². The van der Waals surface area contributed by atoms with Crippen LogP contribution in [0.3, 0.4) is 0 Å². The molecule has 0 fully saturated rings. The van der Waals surface area contributed by atoms with E-state index in [-0.39, 0.29) is 0 Å². The van der Waals surface area contributed by atoms with Crippen molar-refractivity contribution in [3.8, 4) is 5.82 Å². The largest absolute Gasteiger partial charge is 0.310 e. The molecule has 0 aliphatic rings. The van der Waals surface area contributed by atoms with E-state index in [0.29, 0.717) is 11.1 Å². The van der Waals surface area contributed by atoms with Gasteiger partial charge in [0.1, 0.15) is 0 Å². The summed E-state index contributed by atoms with van der Waals surface area (Å²) in [4.78, 5) is 4.38. The van der Waals surface area contributed by atoms with Crippen LogP contribution in [-0.4, -0.2) is 20.8 Å². The van der Waals surface area contributed by atoms with Gasteiger partial charge in [0.2, 0.25) is 0 Å². The zero-order valence-corrected chi connectivity index (χ0v) is 11.6. The second-order valence-corrected chi connectivity index (χ2v) is 4.94. The van der Waals surface area contributed by atoms with Crippen LogP contribution < -0.4 is 5.32 Å². The molecule has 0 atom stereocenters. The van der Waals surface area contributed by atoms with Crippen LogP contribution in [0.25, 0.3) is 5.82 Å². The third-order valence-electron chi connectivity index (χ3n) is 2.62. The first-order valence-corrected chi connectivity index (χ1v) is 6.35. The monoisotopic (exact) mass is 264 g/mol. The molecule has 0 amide bonds. The van der Waals surface area contributed by atoms with Crippen molar-refractivity contribution < 1.29 is 0 Å². The van der Waals surface area contributed by atoms with Crippen molar-refractivity contribution in [3.05, 3.63) is 40.8 Å².